The van der Waals surface area contributed by atoms with Gasteiger partial charge in [-0.25, -0.2) is 0 Å². The van der Waals surface area contributed by atoms with Gasteiger partial charge in [0.2, 0.25) is 11.8 Å². The molecule has 0 aromatic heterocycles. The summed E-state index contributed by atoms with van der Waals surface area (Å²) in [5.41, 5.74) is 0.654. The lowest BCUT2D eigenvalue weighted by Crippen LogP contribution is -2.49. The van der Waals surface area contributed by atoms with Crippen LogP contribution in [0.3, 0.4) is 0 Å². The predicted octanol–water partition coefficient (Wildman–Crippen LogP) is 0.639. The molecule has 2 aliphatic rings. The van der Waals surface area contributed by atoms with Gasteiger partial charge in [-0.1, -0.05) is 12.1 Å². The Kier molecular flexibility index (Phi) is 5.88. The molecular formula is C18H25N3O4. The molecular weight excluding hydrogens is 322 g/mol. The summed E-state index contributed by atoms with van der Waals surface area (Å²) in [5.74, 6) is 0.384. The monoisotopic (exact) mass is 347 g/mol. The second kappa shape index (κ2) is 8.31. The lowest BCUT2D eigenvalue weighted by Gasteiger charge is -2.32. The van der Waals surface area contributed by atoms with Crippen molar-refractivity contribution in [2.45, 2.75) is 19.4 Å². The minimum absolute atomic E-state index is 0.00897. The Morgan fingerprint density at radius 2 is 2.00 bits per heavy atom. The van der Waals surface area contributed by atoms with Gasteiger partial charge in [0.15, 0.2) is 0 Å². The summed E-state index contributed by atoms with van der Waals surface area (Å²) in [4.78, 5) is 28.5. The van der Waals surface area contributed by atoms with Crippen LogP contribution in [0.1, 0.15) is 13.3 Å². The maximum atomic E-state index is 12.4. The Bertz CT molecular complexity index is 616. The highest BCUT2D eigenvalue weighted by atomic mass is 16.5. The topological polar surface area (TPSA) is 71.1 Å². The van der Waals surface area contributed by atoms with Crippen molar-refractivity contribution in [3.05, 3.63) is 24.3 Å². The van der Waals surface area contributed by atoms with E-state index in [9.17, 15) is 9.59 Å². The average molecular weight is 347 g/mol. The number of anilines is 1. The van der Waals surface area contributed by atoms with Crippen LogP contribution in [0.4, 0.5) is 5.69 Å². The van der Waals surface area contributed by atoms with Crippen molar-refractivity contribution in [2.75, 3.05) is 50.9 Å². The van der Waals surface area contributed by atoms with E-state index in [4.69, 9.17) is 9.47 Å². The third-order valence-corrected chi connectivity index (χ3v) is 4.60. The van der Waals surface area contributed by atoms with Gasteiger partial charge in [-0.2, -0.15) is 0 Å². The van der Waals surface area contributed by atoms with E-state index < -0.39 is 0 Å². The van der Waals surface area contributed by atoms with Crippen molar-refractivity contribution in [1.82, 2.24) is 10.2 Å². The van der Waals surface area contributed by atoms with Gasteiger partial charge >= 0.3 is 0 Å². The van der Waals surface area contributed by atoms with E-state index in [1.807, 2.05) is 24.3 Å². The number of rotatable bonds is 5. The van der Waals surface area contributed by atoms with E-state index in [1.165, 1.54) is 4.90 Å². The second-order valence-electron chi connectivity index (χ2n) is 6.35. The molecule has 7 nitrogen and oxygen atoms in total. The van der Waals surface area contributed by atoms with Crippen LogP contribution in [-0.2, 0) is 14.3 Å². The van der Waals surface area contributed by atoms with Crippen molar-refractivity contribution in [3.63, 3.8) is 0 Å². The molecule has 0 spiro atoms. The number of benzene rings is 1. The lowest BCUT2D eigenvalue weighted by molar-refractivity contribution is -0.124. The summed E-state index contributed by atoms with van der Waals surface area (Å²) in [6, 6.07) is 7.56. The van der Waals surface area contributed by atoms with Gasteiger partial charge in [0.1, 0.15) is 12.3 Å². The first-order valence-corrected chi connectivity index (χ1v) is 8.76. The normalized spacial score (nSPS) is 19.6. The van der Waals surface area contributed by atoms with Crippen LogP contribution in [0.15, 0.2) is 24.3 Å². The Morgan fingerprint density at radius 1 is 1.24 bits per heavy atom. The zero-order chi connectivity index (χ0) is 17.6. The number of hydrogen-bond donors (Lipinski definition) is 1. The number of carbonyl (C=O) groups excluding carboxylic acids is 2. The fourth-order valence-corrected chi connectivity index (χ4v) is 3.10. The van der Waals surface area contributed by atoms with Crippen LogP contribution in [0, 0.1) is 0 Å². The second-order valence-corrected chi connectivity index (χ2v) is 6.35. The largest absolute Gasteiger partial charge is 0.491 e. The minimum Gasteiger partial charge on any atom is -0.491 e. The summed E-state index contributed by atoms with van der Waals surface area (Å²) < 4.78 is 10.9. The smallest absolute Gasteiger partial charge is 0.240 e. The van der Waals surface area contributed by atoms with Gasteiger partial charge in [0.05, 0.1) is 31.9 Å². The van der Waals surface area contributed by atoms with E-state index >= 15 is 0 Å². The predicted molar refractivity (Wildman–Crippen MR) is 93.8 cm³/mol. The summed E-state index contributed by atoms with van der Waals surface area (Å²) in [5, 5.41) is 2.94. The van der Waals surface area contributed by atoms with Gasteiger partial charge < -0.3 is 14.8 Å². The highest BCUT2D eigenvalue weighted by Crippen LogP contribution is 2.30. The number of nitrogens with one attached hydrogen (secondary N) is 1. The number of hydrogen-bond acceptors (Lipinski definition) is 5. The summed E-state index contributed by atoms with van der Waals surface area (Å²) >= 11 is 0. The Balaban J connectivity index is 1.57. The van der Waals surface area contributed by atoms with E-state index in [2.05, 4.69) is 17.1 Å². The molecule has 2 amide bonds. The third kappa shape index (κ3) is 4.49. The maximum absolute atomic E-state index is 12.4. The van der Waals surface area contributed by atoms with Crippen LogP contribution in [-0.4, -0.2) is 68.8 Å². The highest BCUT2D eigenvalue weighted by Gasteiger charge is 2.25. The molecule has 0 saturated carbocycles. The standard InChI is InChI=1S/C18H25N3O4/c1-14(20-7-10-24-11-8-20)12-19-17(22)13-21-15-4-2-3-5-16(15)25-9-6-18(21)23/h2-5,14H,6-13H2,1H3,(H,19,22). The minimum atomic E-state index is -0.162. The van der Waals surface area contributed by atoms with Gasteiger partial charge in [-0.3, -0.25) is 19.4 Å². The van der Waals surface area contributed by atoms with E-state index in [1.54, 1.807) is 0 Å². The van der Waals surface area contributed by atoms with E-state index in [0.717, 1.165) is 26.3 Å². The van der Waals surface area contributed by atoms with Crippen molar-refractivity contribution in [2.24, 2.45) is 0 Å². The molecule has 1 saturated heterocycles. The number of morpholine rings is 1. The van der Waals surface area contributed by atoms with Crippen molar-refractivity contribution < 1.29 is 19.1 Å². The van der Waals surface area contributed by atoms with Gasteiger partial charge in [-0.15, -0.1) is 0 Å². The van der Waals surface area contributed by atoms with Crippen LogP contribution >= 0.6 is 0 Å². The van der Waals surface area contributed by atoms with Crippen LogP contribution in [0.2, 0.25) is 0 Å². The summed E-state index contributed by atoms with van der Waals surface area (Å²) in [6.07, 6.45) is 0.270. The fraction of sp³-hybridized carbons (Fsp3) is 0.556. The van der Waals surface area contributed by atoms with Crippen molar-refractivity contribution in [1.29, 1.82) is 0 Å². The maximum Gasteiger partial charge on any atom is 0.240 e. The number of para-hydroxylation sites is 2. The number of amides is 2. The number of ether oxygens (including phenoxy) is 2. The Labute approximate surface area is 147 Å². The molecule has 3 rings (SSSR count). The quantitative estimate of drug-likeness (QED) is 0.846. The molecule has 0 aliphatic carbocycles. The molecule has 1 aromatic rings. The van der Waals surface area contributed by atoms with Crippen molar-refractivity contribution >= 4 is 17.5 Å². The number of nitrogens with zero attached hydrogens (tertiary/aromatic N) is 2. The summed E-state index contributed by atoms with van der Waals surface area (Å²) in [7, 11) is 0. The first-order chi connectivity index (χ1) is 12.1. The van der Waals surface area contributed by atoms with Gasteiger partial charge in [0.25, 0.3) is 0 Å². The van der Waals surface area contributed by atoms with Crippen LogP contribution in [0.25, 0.3) is 0 Å². The molecule has 2 heterocycles. The Hall–Kier alpha value is -2.12. The van der Waals surface area contributed by atoms with Crippen LogP contribution in [0.5, 0.6) is 5.75 Å². The fourth-order valence-electron chi connectivity index (χ4n) is 3.10. The molecule has 25 heavy (non-hydrogen) atoms. The van der Waals surface area contributed by atoms with E-state index in [-0.39, 0.29) is 30.8 Å². The lowest BCUT2D eigenvalue weighted by atomic mass is 10.2. The van der Waals surface area contributed by atoms with Gasteiger partial charge in [0, 0.05) is 25.7 Å². The Morgan fingerprint density at radius 3 is 2.80 bits per heavy atom. The van der Waals surface area contributed by atoms with E-state index in [0.29, 0.717) is 24.6 Å². The molecule has 7 heteroatoms. The molecule has 136 valence electrons. The van der Waals surface area contributed by atoms with Crippen LogP contribution < -0.4 is 15.0 Å². The number of fused-ring (bicyclic) bond motifs is 1. The number of carbonyl (C=O) groups is 2. The SMILES string of the molecule is CC(CNC(=O)CN1C(=O)CCOc2ccccc21)N1CCOCC1. The van der Waals surface area contributed by atoms with Crippen molar-refractivity contribution in [3.8, 4) is 5.75 Å². The molecule has 2 aliphatic heterocycles. The third-order valence-electron chi connectivity index (χ3n) is 4.60. The zero-order valence-electron chi connectivity index (χ0n) is 14.6. The van der Waals surface area contributed by atoms with Gasteiger partial charge in [-0.05, 0) is 19.1 Å². The highest BCUT2D eigenvalue weighted by molar-refractivity contribution is 6.00. The first-order valence-electron chi connectivity index (χ1n) is 8.76. The molecule has 1 fully saturated rings. The zero-order valence-corrected chi connectivity index (χ0v) is 14.6. The molecule has 1 N–H and O–H groups in total. The molecule has 1 unspecified atom stereocenters. The molecule has 1 aromatic carbocycles. The molecule has 0 bridgehead atoms. The summed E-state index contributed by atoms with van der Waals surface area (Å²) in [6.45, 7) is 6.22. The average Bonchev–Trinajstić information content (AvgIpc) is 2.80. The first kappa shape index (κ1) is 17.7. The molecule has 0 radical (unpaired) electrons. The molecule has 1 atom stereocenters.